The first-order valence-corrected chi connectivity index (χ1v) is 6.50. The third-order valence-corrected chi connectivity index (χ3v) is 4.40. The second-order valence-electron chi connectivity index (χ2n) is 2.70. The minimum absolute atomic E-state index is 0.0554. The topological polar surface area (TPSA) is 82.9 Å². The summed E-state index contributed by atoms with van der Waals surface area (Å²) >= 11 is 3.16. The van der Waals surface area contributed by atoms with Gasteiger partial charge in [-0.25, -0.2) is 8.42 Å². The summed E-state index contributed by atoms with van der Waals surface area (Å²) in [6, 6.07) is 6.54. The number of halogens is 1. The van der Waals surface area contributed by atoms with E-state index in [4.69, 9.17) is 5.53 Å². The molecule has 0 heterocycles. The van der Waals surface area contributed by atoms with Crippen LogP contribution in [0.15, 0.2) is 38.7 Å². The quantitative estimate of drug-likeness (QED) is 0.485. The molecule has 0 aliphatic heterocycles. The molecule has 80 valence electrons. The third-order valence-electron chi connectivity index (χ3n) is 1.69. The van der Waals surface area contributed by atoms with Crippen LogP contribution in [0, 0.1) is 0 Å². The van der Waals surface area contributed by atoms with E-state index in [0.717, 1.165) is 0 Å². The van der Waals surface area contributed by atoms with E-state index in [-0.39, 0.29) is 17.2 Å². The van der Waals surface area contributed by atoms with Crippen molar-refractivity contribution in [3.05, 3.63) is 39.2 Å². The standard InChI is InChI=1S/C8H8BrN3O2S/c9-7-3-1-2-4-8(7)15(13,14)6-5-11-12-10/h1-4H,5-6H2. The zero-order valence-electron chi connectivity index (χ0n) is 7.67. The highest BCUT2D eigenvalue weighted by Gasteiger charge is 2.16. The molecule has 0 atom stereocenters. The molecular weight excluding hydrogens is 282 g/mol. The lowest BCUT2D eigenvalue weighted by Crippen LogP contribution is -2.09. The van der Waals surface area contributed by atoms with Crippen LogP contribution in [0.25, 0.3) is 10.4 Å². The fourth-order valence-electron chi connectivity index (χ4n) is 1.01. The molecule has 0 N–H and O–H groups in total. The van der Waals surface area contributed by atoms with Crippen molar-refractivity contribution in [2.24, 2.45) is 5.11 Å². The Bertz CT molecular complexity index is 494. The average molecular weight is 290 g/mol. The first-order chi connectivity index (χ1) is 7.08. The van der Waals surface area contributed by atoms with Crippen LogP contribution in [0.4, 0.5) is 0 Å². The lowest BCUT2D eigenvalue weighted by molar-refractivity contribution is 0.595. The Balaban J connectivity index is 2.96. The van der Waals surface area contributed by atoms with Crippen molar-refractivity contribution in [1.82, 2.24) is 0 Å². The Morgan fingerprint density at radius 1 is 1.40 bits per heavy atom. The molecule has 0 radical (unpaired) electrons. The molecule has 5 nitrogen and oxygen atoms in total. The highest BCUT2D eigenvalue weighted by molar-refractivity contribution is 9.10. The van der Waals surface area contributed by atoms with Crippen molar-refractivity contribution in [3.8, 4) is 0 Å². The van der Waals surface area contributed by atoms with E-state index >= 15 is 0 Å². The number of hydrogen-bond acceptors (Lipinski definition) is 3. The minimum Gasteiger partial charge on any atom is -0.224 e. The highest BCUT2D eigenvalue weighted by atomic mass is 79.9. The minimum atomic E-state index is -3.37. The molecule has 0 spiro atoms. The van der Waals surface area contributed by atoms with E-state index in [1.807, 2.05) is 0 Å². The summed E-state index contributed by atoms with van der Waals surface area (Å²) in [6.45, 7) is -0.0554. The summed E-state index contributed by atoms with van der Waals surface area (Å²) in [5.41, 5.74) is 8.04. The summed E-state index contributed by atoms with van der Waals surface area (Å²) in [5.74, 6) is -0.181. The van der Waals surface area contributed by atoms with E-state index in [9.17, 15) is 8.42 Å². The zero-order chi connectivity index (χ0) is 11.3. The fourth-order valence-corrected chi connectivity index (χ4v) is 3.23. The van der Waals surface area contributed by atoms with Gasteiger partial charge in [0.1, 0.15) is 0 Å². The molecule has 0 unspecified atom stereocenters. The van der Waals surface area contributed by atoms with Crippen molar-refractivity contribution in [2.75, 3.05) is 12.3 Å². The SMILES string of the molecule is [N-]=[N+]=NCCS(=O)(=O)c1ccccc1Br. The normalized spacial score (nSPS) is 10.7. The van der Waals surface area contributed by atoms with Crippen LogP contribution in [-0.4, -0.2) is 20.7 Å². The van der Waals surface area contributed by atoms with Crippen LogP contribution >= 0.6 is 15.9 Å². The predicted molar refractivity (Wildman–Crippen MR) is 60.2 cm³/mol. The summed E-state index contributed by atoms with van der Waals surface area (Å²) < 4.78 is 23.9. The van der Waals surface area contributed by atoms with Gasteiger partial charge < -0.3 is 0 Å². The van der Waals surface area contributed by atoms with Crippen molar-refractivity contribution < 1.29 is 8.42 Å². The monoisotopic (exact) mass is 289 g/mol. The van der Waals surface area contributed by atoms with E-state index in [0.29, 0.717) is 4.47 Å². The summed E-state index contributed by atoms with van der Waals surface area (Å²) in [4.78, 5) is 2.72. The predicted octanol–water partition coefficient (Wildman–Crippen LogP) is 2.53. The maximum absolute atomic E-state index is 11.7. The molecule has 1 aromatic rings. The van der Waals surface area contributed by atoms with Gasteiger partial charge >= 0.3 is 0 Å². The van der Waals surface area contributed by atoms with Crippen molar-refractivity contribution in [1.29, 1.82) is 0 Å². The number of benzene rings is 1. The van der Waals surface area contributed by atoms with Crippen molar-refractivity contribution >= 4 is 25.8 Å². The number of nitrogens with zero attached hydrogens (tertiary/aromatic N) is 3. The van der Waals surface area contributed by atoms with Gasteiger partial charge in [-0.05, 0) is 33.6 Å². The van der Waals surface area contributed by atoms with Crippen LogP contribution in [0.1, 0.15) is 0 Å². The number of azide groups is 1. The largest absolute Gasteiger partial charge is 0.224 e. The van der Waals surface area contributed by atoms with Gasteiger partial charge in [0.25, 0.3) is 0 Å². The first kappa shape index (κ1) is 12.0. The summed E-state index contributed by atoms with van der Waals surface area (Å²) in [5, 5.41) is 3.20. The number of rotatable bonds is 4. The molecule has 15 heavy (non-hydrogen) atoms. The van der Waals surface area contributed by atoms with Crippen LogP contribution in [0.5, 0.6) is 0 Å². The lowest BCUT2D eigenvalue weighted by Gasteiger charge is -2.03. The fraction of sp³-hybridized carbons (Fsp3) is 0.250. The molecular formula is C8H8BrN3O2S. The summed E-state index contributed by atoms with van der Waals surface area (Å²) in [6.07, 6.45) is 0. The molecule has 0 amide bonds. The maximum Gasteiger partial charge on any atom is 0.179 e. The Hall–Kier alpha value is -1.04. The molecule has 1 aromatic carbocycles. The Kier molecular flexibility index (Phi) is 4.14. The molecule has 1 rings (SSSR count). The van der Waals surface area contributed by atoms with Crippen molar-refractivity contribution in [2.45, 2.75) is 4.90 Å². The summed E-state index contributed by atoms with van der Waals surface area (Å²) in [7, 11) is -3.37. The number of hydrogen-bond donors (Lipinski definition) is 0. The molecule has 0 bridgehead atoms. The van der Waals surface area contributed by atoms with Crippen LogP contribution in [0.2, 0.25) is 0 Å². The van der Waals surface area contributed by atoms with Gasteiger partial charge in [-0.3, -0.25) is 0 Å². The van der Waals surface area contributed by atoms with Crippen LogP contribution in [-0.2, 0) is 9.84 Å². The van der Waals surface area contributed by atoms with Gasteiger partial charge in [-0.2, -0.15) is 0 Å². The number of sulfone groups is 1. The zero-order valence-corrected chi connectivity index (χ0v) is 10.1. The van der Waals surface area contributed by atoms with Gasteiger partial charge in [0.15, 0.2) is 9.84 Å². The molecule has 0 aliphatic carbocycles. The second kappa shape index (κ2) is 5.16. The van der Waals surface area contributed by atoms with Gasteiger partial charge in [0, 0.05) is 15.9 Å². The lowest BCUT2D eigenvalue weighted by atomic mass is 10.4. The van der Waals surface area contributed by atoms with Gasteiger partial charge in [0.2, 0.25) is 0 Å². The van der Waals surface area contributed by atoms with Gasteiger partial charge in [-0.1, -0.05) is 17.2 Å². The van der Waals surface area contributed by atoms with Crippen LogP contribution < -0.4 is 0 Å². The van der Waals surface area contributed by atoms with E-state index in [1.165, 1.54) is 6.07 Å². The molecule has 0 fully saturated rings. The Labute approximate surface area is 95.8 Å². The van der Waals surface area contributed by atoms with Gasteiger partial charge in [-0.15, -0.1) is 0 Å². The first-order valence-electron chi connectivity index (χ1n) is 4.06. The smallest absolute Gasteiger partial charge is 0.179 e. The van der Waals surface area contributed by atoms with Gasteiger partial charge in [0.05, 0.1) is 10.6 Å². The maximum atomic E-state index is 11.7. The van der Waals surface area contributed by atoms with Crippen molar-refractivity contribution in [3.63, 3.8) is 0 Å². The molecule has 0 saturated heterocycles. The highest BCUT2D eigenvalue weighted by Crippen LogP contribution is 2.22. The molecule has 0 aliphatic rings. The van der Waals surface area contributed by atoms with Crippen LogP contribution in [0.3, 0.4) is 0 Å². The Morgan fingerprint density at radius 3 is 2.67 bits per heavy atom. The molecule has 7 heteroatoms. The molecule has 0 saturated carbocycles. The van der Waals surface area contributed by atoms with E-state index in [1.54, 1.807) is 18.2 Å². The third kappa shape index (κ3) is 3.23. The van der Waals surface area contributed by atoms with E-state index < -0.39 is 9.84 Å². The molecule has 0 aromatic heterocycles. The Morgan fingerprint density at radius 2 is 2.07 bits per heavy atom. The second-order valence-corrected chi connectivity index (χ2v) is 5.64. The average Bonchev–Trinajstić information content (AvgIpc) is 2.18. The van der Waals surface area contributed by atoms with E-state index in [2.05, 4.69) is 26.0 Å².